The molecule has 2 unspecified atom stereocenters. The number of rotatable bonds is 9. The number of piperidine rings is 1. The molecule has 0 radical (unpaired) electrons. The monoisotopic (exact) mass is 256 g/mol. The van der Waals surface area contributed by atoms with E-state index < -0.39 is 0 Å². The molecule has 3 nitrogen and oxygen atoms in total. The summed E-state index contributed by atoms with van der Waals surface area (Å²) in [6.07, 6.45) is 7.98. The second-order valence-corrected chi connectivity index (χ2v) is 5.49. The van der Waals surface area contributed by atoms with Gasteiger partial charge in [-0.1, -0.05) is 26.7 Å². The standard InChI is InChI=1S/C15H32N2O/c1-4-8-14-9-6-7-11-17(14)15(13-18-3)12-16-10-5-2/h14-16H,4-13H2,1-3H3. The van der Waals surface area contributed by atoms with E-state index >= 15 is 0 Å². The van der Waals surface area contributed by atoms with Crippen molar-refractivity contribution >= 4 is 0 Å². The van der Waals surface area contributed by atoms with Gasteiger partial charge in [0.05, 0.1) is 6.61 Å². The Kier molecular flexibility index (Phi) is 8.64. The molecule has 0 amide bonds. The summed E-state index contributed by atoms with van der Waals surface area (Å²) in [5.74, 6) is 0. The van der Waals surface area contributed by atoms with Crippen molar-refractivity contribution in [1.29, 1.82) is 0 Å². The van der Waals surface area contributed by atoms with Crippen LogP contribution in [0.1, 0.15) is 52.4 Å². The minimum Gasteiger partial charge on any atom is -0.383 e. The predicted octanol–water partition coefficient (Wildman–Crippen LogP) is 2.66. The quantitative estimate of drug-likeness (QED) is 0.642. The molecule has 1 aliphatic rings. The molecule has 18 heavy (non-hydrogen) atoms. The maximum Gasteiger partial charge on any atom is 0.0630 e. The van der Waals surface area contributed by atoms with Crippen LogP contribution in [-0.2, 0) is 4.74 Å². The van der Waals surface area contributed by atoms with Crippen LogP contribution in [0.2, 0.25) is 0 Å². The maximum atomic E-state index is 5.43. The first kappa shape index (κ1) is 15.9. The molecule has 0 aromatic carbocycles. The van der Waals surface area contributed by atoms with Gasteiger partial charge in [0.2, 0.25) is 0 Å². The molecular formula is C15H32N2O. The van der Waals surface area contributed by atoms with Crippen molar-refractivity contribution in [1.82, 2.24) is 10.2 Å². The zero-order valence-electron chi connectivity index (χ0n) is 12.6. The van der Waals surface area contributed by atoms with E-state index in [0.29, 0.717) is 6.04 Å². The average molecular weight is 256 g/mol. The summed E-state index contributed by atoms with van der Waals surface area (Å²) in [6.45, 7) is 8.82. The summed E-state index contributed by atoms with van der Waals surface area (Å²) in [4.78, 5) is 2.71. The minimum absolute atomic E-state index is 0.554. The van der Waals surface area contributed by atoms with Crippen molar-refractivity contribution in [2.75, 3.05) is 33.4 Å². The van der Waals surface area contributed by atoms with E-state index in [9.17, 15) is 0 Å². The van der Waals surface area contributed by atoms with Gasteiger partial charge in [0.1, 0.15) is 0 Å². The Morgan fingerprint density at radius 2 is 2.11 bits per heavy atom. The molecule has 1 saturated heterocycles. The highest BCUT2D eigenvalue weighted by molar-refractivity contribution is 4.84. The van der Waals surface area contributed by atoms with Crippen LogP contribution in [0.15, 0.2) is 0 Å². The van der Waals surface area contributed by atoms with Crippen molar-refractivity contribution in [3.63, 3.8) is 0 Å². The van der Waals surface area contributed by atoms with Gasteiger partial charge in [0, 0.05) is 25.7 Å². The third-order valence-electron chi connectivity index (χ3n) is 3.93. The number of nitrogens with one attached hydrogen (secondary N) is 1. The van der Waals surface area contributed by atoms with Crippen molar-refractivity contribution in [3.05, 3.63) is 0 Å². The van der Waals surface area contributed by atoms with Crippen LogP contribution in [-0.4, -0.2) is 50.3 Å². The van der Waals surface area contributed by atoms with Gasteiger partial charge in [-0.25, -0.2) is 0 Å². The first-order valence-corrected chi connectivity index (χ1v) is 7.78. The number of nitrogens with zero attached hydrogens (tertiary/aromatic N) is 1. The molecule has 1 rings (SSSR count). The van der Waals surface area contributed by atoms with Gasteiger partial charge in [0.15, 0.2) is 0 Å². The van der Waals surface area contributed by atoms with Crippen molar-refractivity contribution < 1.29 is 4.74 Å². The van der Waals surface area contributed by atoms with E-state index in [2.05, 4.69) is 24.1 Å². The smallest absolute Gasteiger partial charge is 0.0630 e. The van der Waals surface area contributed by atoms with Crippen LogP contribution < -0.4 is 5.32 Å². The molecule has 1 heterocycles. The summed E-state index contributed by atoms with van der Waals surface area (Å²) < 4.78 is 5.43. The largest absolute Gasteiger partial charge is 0.383 e. The van der Waals surface area contributed by atoms with E-state index in [1.807, 2.05) is 7.11 Å². The molecule has 0 saturated carbocycles. The summed E-state index contributed by atoms with van der Waals surface area (Å²) in [5.41, 5.74) is 0. The Bertz CT molecular complexity index is 197. The lowest BCUT2D eigenvalue weighted by molar-refractivity contribution is 0.0369. The summed E-state index contributed by atoms with van der Waals surface area (Å²) in [7, 11) is 1.82. The molecule has 3 heteroatoms. The summed E-state index contributed by atoms with van der Waals surface area (Å²) >= 11 is 0. The Morgan fingerprint density at radius 1 is 1.28 bits per heavy atom. The van der Waals surface area contributed by atoms with Gasteiger partial charge >= 0.3 is 0 Å². The Morgan fingerprint density at radius 3 is 2.78 bits per heavy atom. The number of hydrogen-bond acceptors (Lipinski definition) is 3. The van der Waals surface area contributed by atoms with E-state index in [0.717, 1.165) is 25.7 Å². The van der Waals surface area contributed by atoms with Crippen LogP contribution in [0, 0.1) is 0 Å². The predicted molar refractivity (Wildman–Crippen MR) is 78.1 cm³/mol. The highest BCUT2D eigenvalue weighted by Gasteiger charge is 2.27. The Balaban J connectivity index is 2.50. The van der Waals surface area contributed by atoms with Crippen molar-refractivity contribution in [2.45, 2.75) is 64.5 Å². The van der Waals surface area contributed by atoms with Gasteiger partial charge in [-0.3, -0.25) is 4.90 Å². The van der Waals surface area contributed by atoms with Crippen molar-refractivity contribution in [2.24, 2.45) is 0 Å². The Labute approximate surface area is 113 Å². The molecule has 2 atom stereocenters. The van der Waals surface area contributed by atoms with Gasteiger partial charge in [0.25, 0.3) is 0 Å². The van der Waals surface area contributed by atoms with Gasteiger partial charge in [-0.2, -0.15) is 0 Å². The average Bonchev–Trinajstić information content (AvgIpc) is 2.39. The Hall–Kier alpha value is -0.120. The molecule has 0 aliphatic carbocycles. The lowest BCUT2D eigenvalue weighted by Gasteiger charge is -2.41. The number of methoxy groups -OCH3 is 1. The lowest BCUT2D eigenvalue weighted by atomic mass is 9.96. The zero-order valence-corrected chi connectivity index (χ0v) is 12.6. The van der Waals surface area contributed by atoms with E-state index in [4.69, 9.17) is 4.74 Å². The molecule has 108 valence electrons. The molecule has 0 aromatic rings. The van der Waals surface area contributed by atoms with E-state index in [1.54, 1.807) is 0 Å². The lowest BCUT2D eigenvalue weighted by Crippen LogP contribution is -2.52. The van der Waals surface area contributed by atoms with Crippen LogP contribution in [0.5, 0.6) is 0 Å². The third-order valence-corrected chi connectivity index (χ3v) is 3.93. The SMILES string of the molecule is CCCNCC(COC)N1CCCCC1CCC. The fourth-order valence-electron chi connectivity index (χ4n) is 3.06. The summed E-state index contributed by atoms with van der Waals surface area (Å²) in [6, 6.07) is 1.34. The molecule has 1 fully saturated rings. The maximum absolute atomic E-state index is 5.43. The van der Waals surface area contributed by atoms with Crippen LogP contribution in [0.4, 0.5) is 0 Å². The zero-order chi connectivity index (χ0) is 13.2. The normalized spacial score (nSPS) is 23.2. The van der Waals surface area contributed by atoms with Crippen molar-refractivity contribution in [3.8, 4) is 0 Å². The number of hydrogen-bond donors (Lipinski definition) is 1. The van der Waals surface area contributed by atoms with E-state index in [1.165, 1.54) is 45.1 Å². The van der Waals surface area contributed by atoms with Gasteiger partial charge < -0.3 is 10.1 Å². The van der Waals surface area contributed by atoms with Gasteiger partial charge in [-0.05, 0) is 38.8 Å². The molecule has 0 bridgehead atoms. The fourth-order valence-corrected chi connectivity index (χ4v) is 3.06. The first-order chi connectivity index (χ1) is 8.83. The van der Waals surface area contributed by atoms with E-state index in [-0.39, 0.29) is 0 Å². The molecule has 1 N–H and O–H groups in total. The van der Waals surface area contributed by atoms with Crippen LogP contribution in [0.3, 0.4) is 0 Å². The highest BCUT2D eigenvalue weighted by atomic mass is 16.5. The first-order valence-electron chi connectivity index (χ1n) is 7.78. The number of ether oxygens (including phenoxy) is 1. The molecular weight excluding hydrogens is 224 g/mol. The topological polar surface area (TPSA) is 24.5 Å². The van der Waals surface area contributed by atoms with Crippen LogP contribution >= 0.6 is 0 Å². The third kappa shape index (κ3) is 5.25. The summed E-state index contributed by atoms with van der Waals surface area (Å²) in [5, 5.41) is 3.56. The molecule has 1 aliphatic heterocycles. The fraction of sp³-hybridized carbons (Fsp3) is 1.00. The molecule has 0 aromatic heterocycles. The number of likely N-dealkylation sites (tertiary alicyclic amines) is 1. The minimum atomic E-state index is 0.554. The van der Waals surface area contributed by atoms with Gasteiger partial charge in [-0.15, -0.1) is 0 Å². The highest BCUT2D eigenvalue weighted by Crippen LogP contribution is 2.23. The molecule has 0 spiro atoms. The van der Waals surface area contributed by atoms with Crippen LogP contribution in [0.25, 0.3) is 0 Å². The second-order valence-electron chi connectivity index (χ2n) is 5.49. The second kappa shape index (κ2) is 9.76.